The van der Waals surface area contributed by atoms with Crippen LogP contribution in [0.4, 0.5) is 0 Å². The minimum atomic E-state index is 0. The molecule has 1 N–H and O–H groups in total. The van der Waals surface area contributed by atoms with Crippen LogP contribution in [0.15, 0.2) is 21.8 Å². The van der Waals surface area contributed by atoms with E-state index < -0.39 is 0 Å². The molecule has 0 saturated carbocycles. The average molecular weight is 393 g/mol. The van der Waals surface area contributed by atoms with Gasteiger partial charge < -0.3 is 10.2 Å². The standard InChI is InChI=1S/C14H23N3S.HI/c1-3-15-14(16-10-13-6-9-18-11-13)17-7-4-12(2)5-8-17;/h6,9,11-12H,3-5,7-8,10H2,1-2H3,(H,15,16);1H. The Labute approximate surface area is 137 Å². The van der Waals surface area contributed by atoms with E-state index in [1.165, 1.54) is 18.4 Å². The summed E-state index contributed by atoms with van der Waals surface area (Å²) in [4.78, 5) is 7.14. The normalized spacial score (nSPS) is 17.2. The Hall–Kier alpha value is -0.300. The van der Waals surface area contributed by atoms with Crippen molar-refractivity contribution in [3.63, 3.8) is 0 Å². The number of hydrogen-bond acceptors (Lipinski definition) is 2. The quantitative estimate of drug-likeness (QED) is 0.483. The molecule has 0 bridgehead atoms. The average Bonchev–Trinajstić information content (AvgIpc) is 2.89. The molecule has 5 heteroatoms. The number of aliphatic imine (C=N–C) groups is 1. The summed E-state index contributed by atoms with van der Waals surface area (Å²) in [7, 11) is 0. The molecule has 1 aliphatic rings. The molecule has 108 valence electrons. The molecule has 0 unspecified atom stereocenters. The predicted octanol–water partition coefficient (Wildman–Crippen LogP) is 3.56. The smallest absolute Gasteiger partial charge is 0.194 e. The van der Waals surface area contributed by atoms with Gasteiger partial charge in [-0.2, -0.15) is 11.3 Å². The second kappa shape index (κ2) is 8.79. The molecule has 0 amide bonds. The van der Waals surface area contributed by atoms with Crippen LogP contribution in [0.3, 0.4) is 0 Å². The monoisotopic (exact) mass is 393 g/mol. The van der Waals surface area contributed by atoms with Gasteiger partial charge in [0.25, 0.3) is 0 Å². The van der Waals surface area contributed by atoms with Gasteiger partial charge in [-0.3, -0.25) is 0 Å². The molecule has 1 aliphatic heterocycles. The molecule has 0 atom stereocenters. The minimum absolute atomic E-state index is 0. The molecule has 1 fully saturated rings. The van der Waals surface area contributed by atoms with Crippen molar-refractivity contribution in [3.8, 4) is 0 Å². The summed E-state index contributed by atoms with van der Waals surface area (Å²) in [5.41, 5.74) is 1.31. The third-order valence-corrected chi connectivity index (χ3v) is 4.14. The highest BCUT2D eigenvalue weighted by Crippen LogP contribution is 2.16. The summed E-state index contributed by atoms with van der Waals surface area (Å²) in [6, 6.07) is 2.15. The van der Waals surface area contributed by atoms with Crippen molar-refractivity contribution in [2.75, 3.05) is 19.6 Å². The number of piperidine rings is 1. The molecule has 1 aromatic heterocycles. The Morgan fingerprint density at radius 2 is 2.21 bits per heavy atom. The highest BCUT2D eigenvalue weighted by Gasteiger charge is 2.18. The van der Waals surface area contributed by atoms with Gasteiger partial charge >= 0.3 is 0 Å². The molecule has 1 aromatic rings. The van der Waals surface area contributed by atoms with E-state index in [4.69, 9.17) is 4.99 Å². The summed E-state index contributed by atoms with van der Waals surface area (Å²) in [5.74, 6) is 1.94. The molecule has 0 radical (unpaired) electrons. The highest BCUT2D eigenvalue weighted by molar-refractivity contribution is 14.0. The second-order valence-electron chi connectivity index (χ2n) is 4.97. The summed E-state index contributed by atoms with van der Waals surface area (Å²) in [6.07, 6.45) is 2.56. The summed E-state index contributed by atoms with van der Waals surface area (Å²) >= 11 is 1.74. The first-order chi connectivity index (χ1) is 8.79. The van der Waals surface area contributed by atoms with E-state index in [2.05, 4.69) is 40.9 Å². The number of rotatable bonds is 3. The van der Waals surface area contributed by atoms with Gasteiger partial charge in [0, 0.05) is 19.6 Å². The SMILES string of the molecule is CCNC(=NCc1ccsc1)N1CCC(C)CC1.I. The van der Waals surface area contributed by atoms with Crippen LogP contribution >= 0.6 is 35.3 Å². The molecule has 2 heterocycles. The number of thiophene rings is 1. The number of hydrogen-bond donors (Lipinski definition) is 1. The zero-order chi connectivity index (χ0) is 12.8. The van der Waals surface area contributed by atoms with Crippen LogP contribution in [0.1, 0.15) is 32.3 Å². The first-order valence-corrected chi connectivity index (χ1v) is 7.78. The highest BCUT2D eigenvalue weighted by atomic mass is 127. The zero-order valence-electron chi connectivity index (χ0n) is 11.8. The van der Waals surface area contributed by atoms with Gasteiger partial charge in [-0.15, -0.1) is 24.0 Å². The van der Waals surface area contributed by atoms with Crippen LogP contribution in [0, 0.1) is 5.92 Å². The molecular weight excluding hydrogens is 369 g/mol. The Morgan fingerprint density at radius 1 is 1.47 bits per heavy atom. The number of nitrogens with zero attached hydrogens (tertiary/aromatic N) is 2. The molecule has 0 aromatic carbocycles. The van der Waals surface area contributed by atoms with Gasteiger partial charge in [-0.1, -0.05) is 6.92 Å². The lowest BCUT2D eigenvalue weighted by Crippen LogP contribution is -2.45. The van der Waals surface area contributed by atoms with Gasteiger partial charge in [0.15, 0.2) is 5.96 Å². The van der Waals surface area contributed by atoms with Crippen molar-refractivity contribution in [3.05, 3.63) is 22.4 Å². The van der Waals surface area contributed by atoms with E-state index >= 15 is 0 Å². The maximum Gasteiger partial charge on any atom is 0.194 e. The molecule has 0 spiro atoms. The van der Waals surface area contributed by atoms with E-state index in [-0.39, 0.29) is 24.0 Å². The maximum atomic E-state index is 4.74. The van der Waals surface area contributed by atoms with Gasteiger partial charge in [-0.05, 0) is 48.1 Å². The van der Waals surface area contributed by atoms with Gasteiger partial charge in [-0.25, -0.2) is 4.99 Å². The fourth-order valence-electron chi connectivity index (χ4n) is 2.19. The zero-order valence-corrected chi connectivity index (χ0v) is 14.9. The number of nitrogens with one attached hydrogen (secondary N) is 1. The van der Waals surface area contributed by atoms with Crippen molar-refractivity contribution >= 4 is 41.3 Å². The first-order valence-electron chi connectivity index (χ1n) is 6.84. The van der Waals surface area contributed by atoms with Crippen LogP contribution in [0.25, 0.3) is 0 Å². The third-order valence-electron chi connectivity index (χ3n) is 3.41. The van der Waals surface area contributed by atoms with Gasteiger partial charge in [0.05, 0.1) is 6.54 Å². The van der Waals surface area contributed by atoms with Crippen LogP contribution in [-0.2, 0) is 6.54 Å². The number of halogens is 1. The summed E-state index contributed by atoms with van der Waals surface area (Å²) in [5, 5.41) is 7.69. The fourth-order valence-corrected chi connectivity index (χ4v) is 2.85. The predicted molar refractivity (Wildman–Crippen MR) is 94.5 cm³/mol. The van der Waals surface area contributed by atoms with Crippen LogP contribution in [-0.4, -0.2) is 30.5 Å². The van der Waals surface area contributed by atoms with Crippen molar-refractivity contribution in [2.45, 2.75) is 33.2 Å². The number of likely N-dealkylation sites (tertiary alicyclic amines) is 1. The van der Waals surface area contributed by atoms with Crippen molar-refractivity contribution in [1.29, 1.82) is 0 Å². The lowest BCUT2D eigenvalue weighted by molar-refractivity contribution is 0.273. The maximum absolute atomic E-state index is 4.74. The summed E-state index contributed by atoms with van der Waals surface area (Å²) in [6.45, 7) is 8.47. The lowest BCUT2D eigenvalue weighted by atomic mass is 10.00. The Bertz CT molecular complexity index is 370. The van der Waals surface area contributed by atoms with E-state index in [0.717, 1.165) is 38.1 Å². The van der Waals surface area contributed by atoms with Crippen molar-refractivity contribution < 1.29 is 0 Å². The third kappa shape index (κ3) is 5.30. The Balaban J connectivity index is 0.00000180. The Kier molecular flexibility index (Phi) is 7.75. The topological polar surface area (TPSA) is 27.6 Å². The van der Waals surface area contributed by atoms with Crippen LogP contribution < -0.4 is 5.32 Å². The van der Waals surface area contributed by atoms with E-state index in [1.54, 1.807) is 11.3 Å². The first kappa shape index (κ1) is 16.8. The molecule has 19 heavy (non-hydrogen) atoms. The van der Waals surface area contributed by atoms with Gasteiger partial charge in [0.1, 0.15) is 0 Å². The largest absolute Gasteiger partial charge is 0.357 e. The number of guanidine groups is 1. The molecule has 3 nitrogen and oxygen atoms in total. The van der Waals surface area contributed by atoms with Crippen molar-refractivity contribution in [2.24, 2.45) is 10.9 Å². The van der Waals surface area contributed by atoms with E-state index in [0.29, 0.717) is 0 Å². The minimum Gasteiger partial charge on any atom is -0.357 e. The van der Waals surface area contributed by atoms with E-state index in [1.807, 2.05) is 0 Å². The van der Waals surface area contributed by atoms with E-state index in [9.17, 15) is 0 Å². The summed E-state index contributed by atoms with van der Waals surface area (Å²) < 4.78 is 0. The van der Waals surface area contributed by atoms with Crippen LogP contribution in [0.2, 0.25) is 0 Å². The van der Waals surface area contributed by atoms with Crippen LogP contribution in [0.5, 0.6) is 0 Å². The molecular formula is C14H24IN3S. The Morgan fingerprint density at radius 3 is 2.79 bits per heavy atom. The van der Waals surface area contributed by atoms with Gasteiger partial charge in [0.2, 0.25) is 0 Å². The fraction of sp³-hybridized carbons (Fsp3) is 0.643. The van der Waals surface area contributed by atoms with Crippen molar-refractivity contribution in [1.82, 2.24) is 10.2 Å². The molecule has 0 aliphatic carbocycles. The second-order valence-corrected chi connectivity index (χ2v) is 5.75. The lowest BCUT2D eigenvalue weighted by Gasteiger charge is -2.32. The molecule has 1 saturated heterocycles. The molecule has 2 rings (SSSR count).